The molecule has 0 unspecified atom stereocenters. The molecule has 0 bridgehead atoms. The SMILES string of the molecule is CC(C)(C)OC(=O)CCC(=O)Nc1ccc(CCO)cc1. The molecule has 0 spiro atoms. The fourth-order valence-corrected chi connectivity index (χ4v) is 1.72. The maximum Gasteiger partial charge on any atom is 0.306 e. The Morgan fingerprint density at radius 1 is 1.14 bits per heavy atom. The van der Waals surface area contributed by atoms with E-state index >= 15 is 0 Å². The second-order valence-corrected chi connectivity index (χ2v) is 5.81. The molecular formula is C16H23NO4. The van der Waals surface area contributed by atoms with E-state index in [0.717, 1.165) is 5.56 Å². The Labute approximate surface area is 125 Å². The van der Waals surface area contributed by atoms with E-state index in [1.54, 1.807) is 32.9 Å². The molecule has 116 valence electrons. The van der Waals surface area contributed by atoms with Crippen LogP contribution in [0.1, 0.15) is 39.2 Å². The molecule has 0 aliphatic heterocycles. The second kappa shape index (κ2) is 7.78. The van der Waals surface area contributed by atoms with Gasteiger partial charge in [-0.25, -0.2) is 0 Å². The number of hydrogen-bond donors (Lipinski definition) is 2. The van der Waals surface area contributed by atoms with Crippen LogP contribution >= 0.6 is 0 Å². The highest BCUT2D eigenvalue weighted by molar-refractivity contribution is 5.92. The van der Waals surface area contributed by atoms with Crippen molar-refractivity contribution in [3.63, 3.8) is 0 Å². The smallest absolute Gasteiger partial charge is 0.306 e. The maximum atomic E-state index is 11.7. The molecule has 0 heterocycles. The number of anilines is 1. The highest BCUT2D eigenvalue weighted by Crippen LogP contribution is 2.12. The summed E-state index contributed by atoms with van der Waals surface area (Å²) in [6, 6.07) is 7.24. The van der Waals surface area contributed by atoms with Crippen LogP contribution < -0.4 is 5.32 Å². The molecular weight excluding hydrogens is 270 g/mol. The lowest BCUT2D eigenvalue weighted by Gasteiger charge is -2.19. The minimum absolute atomic E-state index is 0.0612. The number of benzene rings is 1. The van der Waals surface area contributed by atoms with Crippen LogP contribution in [0.2, 0.25) is 0 Å². The van der Waals surface area contributed by atoms with Crippen LogP contribution in [-0.4, -0.2) is 29.2 Å². The predicted molar refractivity (Wildman–Crippen MR) is 80.9 cm³/mol. The van der Waals surface area contributed by atoms with E-state index < -0.39 is 5.60 Å². The van der Waals surface area contributed by atoms with Gasteiger partial charge in [0.25, 0.3) is 0 Å². The first kappa shape index (κ1) is 17.2. The van der Waals surface area contributed by atoms with Gasteiger partial charge in [0.2, 0.25) is 5.91 Å². The zero-order valence-electron chi connectivity index (χ0n) is 12.8. The summed E-state index contributed by atoms with van der Waals surface area (Å²) in [5.74, 6) is -0.605. The van der Waals surface area contributed by atoms with Crippen LogP contribution in [0.15, 0.2) is 24.3 Å². The Hall–Kier alpha value is -1.88. The molecule has 0 fully saturated rings. The van der Waals surface area contributed by atoms with Crippen molar-refractivity contribution in [1.82, 2.24) is 0 Å². The molecule has 0 atom stereocenters. The van der Waals surface area contributed by atoms with E-state index in [4.69, 9.17) is 9.84 Å². The first-order chi connectivity index (χ1) is 9.80. The predicted octanol–water partition coefficient (Wildman–Crippen LogP) is 2.28. The van der Waals surface area contributed by atoms with Crippen molar-refractivity contribution in [2.45, 2.75) is 45.6 Å². The van der Waals surface area contributed by atoms with Crippen LogP contribution in [0.5, 0.6) is 0 Å². The summed E-state index contributed by atoms with van der Waals surface area (Å²) >= 11 is 0. The van der Waals surface area contributed by atoms with Crippen molar-refractivity contribution in [3.05, 3.63) is 29.8 Å². The van der Waals surface area contributed by atoms with Crippen molar-refractivity contribution in [2.24, 2.45) is 0 Å². The lowest BCUT2D eigenvalue weighted by Crippen LogP contribution is -2.24. The number of ether oxygens (including phenoxy) is 1. The van der Waals surface area contributed by atoms with Crippen molar-refractivity contribution >= 4 is 17.6 Å². The Bertz CT molecular complexity index is 474. The molecule has 0 aliphatic carbocycles. The van der Waals surface area contributed by atoms with Gasteiger partial charge >= 0.3 is 5.97 Å². The molecule has 21 heavy (non-hydrogen) atoms. The second-order valence-electron chi connectivity index (χ2n) is 5.81. The summed E-state index contributed by atoms with van der Waals surface area (Å²) in [5, 5.41) is 11.5. The summed E-state index contributed by atoms with van der Waals surface area (Å²) < 4.78 is 5.14. The van der Waals surface area contributed by atoms with Crippen molar-refractivity contribution in [1.29, 1.82) is 0 Å². The number of carbonyl (C=O) groups excluding carboxylic acids is 2. The fourth-order valence-electron chi connectivity index (χ4n) is 1.72. The molecule has 1 amide bonds. The van der Waals surface area contributed by atoms with E-state index in [0.29, 0.717) is 12.1 Å². The third-order valence-electron chi connectivity index (χ3n) is 2.61. The molecule has 1 rings (SSSR count). The lowest BCUT2D eigenvalue weighted by atomic mass is 10.1. The molecule has 1 aromatic rings. The van der Waals surface area contributed by atoms with Crippen LogP contribution in [0, 0.1) is 0 Å². The number of carbonyl (C=O) groups is 2. The topological polar surface area (TPSA) is 75.6 Å². The summed E-state index contributed by atoms with van der Waals surface area (Å²) in [7, 11) is 0. The third-order valence-corrected chi connectivity index (χ3v) is 2.61. The summed E-state index contributed by atoms with van der Waals surface area (Å²) in [6.07, 6.45) is 0.742. The quantitative estimate of drug-likeness (QED) is 0.789. The van der Waals surface area contributed by atoms with E-state index in [1.165, 1.54) is 0 Å². The van der Waals surface area contributed by atoms with Gasteiger partial charge in [0.15, 0.2) is 0 Å². The number of amides is 1. The molecule has 5 heteroatoms. The van der Waals surface area contributed by atoms with Crippen LogP contribution in [0.25, 0.3) is 0 Å². The molecule has 0 aromatic heterocycles. The van der Waals surface area contributed by atoms with Crippen molar-refractivity contribution in [2.75, 3.05) is 11.9 Å². The number of aliphatic hydroxyl groups is 1. The fraction of sp³-hybridized carbons (Fsp3) is 0.500. The van der Waals surface area contributed by atoms with Crippen LogP contribution in [0.3, 0.4) is 0 Å². The lowest BCUT2D eigenvalue weighted by molar-refractivity contribution is -0.155. The molecule has 0 saturated carbocycles. The highest BCUT2D eigenvalue weighted by Gasteiger charge is 2.17. The summed E-state index contributed by atoms with van der Waals surface area (Å²) in [5.41, 5.74) is 1.14. The Balaban J connectivity index is 2.38. The largest absolute Gasteiger partial charge is 0.460 e. The molecule has 0 aliphatic rings. The Morgan fingerprint density at radius 2 is 1.76 bits per heavy atom. The van der Waals surface area contributed by atoms with Crippen molar-refractivity contribution < 1.29 is 19.4 Å². The molecule has 0 radical (unpaired) electrons. The highest BCUT2D eigenvalue weighted by atomic mass is 16.6. The zero-order valence-corrected chi connectivity index (χ0v) is 12.8. The number of nitrogens with one attached hydrogen (secondary N) is 1. The number of esters is 1. The average molecular weight is 293 g/mol. The summed E-state index contributed by atoms with van der Waals surface area (Å²) in [4.78, 5) is 23.2. The number of hydrogen-bond acceptors (Lipinski definition) is 4. The van der Waals surface area contributed by atoms with Crippen LogP contribution in [0.4, 0.5) is 5.69 Å². The standard InChI is InChI=1S/C16H23NO4/c1-16(2,3)21-15(20)9-8-14(19)17-13-6-4-12(5-7-13)10-11-18/h4-7,18H,8-11H2,1-3H3,(H,17,19). The first-order valence-corrected chi connectivity index (χ1v) is 7.01. The summed E-state index contributed by atoms with van der Waals surface area (Å²) in [6.45, 7) is 5.47. The van der Waals surface area contributed by atoms with Gasteiger partial charge in [-0.2, -0.15) is 0 Å². The Kier molecular flexibility index (Phi) is 6.37. The Morgan fingerprint density at radius 3 is 2.29 bits per heavy atom. The van der Waals surface area contributed by atoms with Gasteiger partial charge in [-0.15, -0.1) is 0 Å². The van der Waals surface area contributed by atoms with E-state index in [1.807, 2.05) is 12.1 Å². The van der Waals surface area contributed by atoms with Gasteiger partial charge in [-0.1, -0.05) is 12.1 Å². The maximum absolute atomic E-state index is 11.7. The number of rotatable bonds is 6. The van der Waals surface area contributed by atoms with Gasteiger partial charge in [-0.3, -0.25) is 9.59 Å². The van der Waals surface area contributed by atoms with Gasteiger partial charge in [-0.05, 0) is 44.9 Å². The van der Waals surface area contributed by atoms with Gasteiger partial charge < -0.3 is 15.2 Å². The van der Waals surface area contributed by atoms with Gasteiger partial charge in [0.05, 0.1) is 6.42 Å². The van der Waals surface area contributed by atoms with Crippen LogP contribution in [-0.2, 0) is 20.7 Å². The molecule has 2 N–H and O–H groups in total. The van der Waals surface area contributed by atoms with E-state index in [9.17, 15) is 9.59 Å². The third kappa shape index (κ3) is 7.46. The molecule has 0 saturated heterocycles. The minimum Gasteiger partial charge on any atom is -0.460 e. The minimum atomic E-state index is -0.532. The normalized spacial score (nSPS) is 11.0. The number of aliphatic hydroxyl groups excluding tert-OH is 1. The zero-order chi connectivity index (χ0) is 15.9. The first-order valence-electron chi connectivity index (χ1n) is 7.01. The monoisotopic (exact) mass is 293 g/mol. The van der Waals surface area contributed by atoms with Crippen molar-refractivity contribution in [3.8, 4) is 0 Å². The van der Waals surface area contributed by atoms with Gasteiger partial charge in [0, 0.05) is 18.7 Å². The molecule has 1 aromatic carbocycles. The van der Waals surface area contributed by atoms with Gasteiger partial charge in [0.1, 0.15) is 5.60 Å². The van der Waals surface area contributed by atoms with E-state index in [-0.39, 0.29) is 31.3 Å². The average Bonchev–Trinajstić information content (AvgIpc) is 2.37. The van der Waals surface area contributed by atoms with E-state index in [2.05, 4.69) is 5.32 Å². The molecule has 5 nitrogen and oxygen atoms in total.